The quantitative estimate of drug-likeness (QED) is 0.822. The Hall–Kier alpha value is -2.01. The molecular formula is C12H12ClNO4. The lowest BCUT2D eigenvalue weighted by atomic mass is 10.2. The number of rotatable bonds is 4. The van der Waals surface area contributed by atoms with E-state index in [1.165, 1.54) is 13.2 Å². The van der Waals surface area contributed by atoms with Gasteiger partial charge in [0, 0.05) is 17.2 Å². The third-order valence-corrected chi connectivity index (χ3v) is 2.30. The van der Waals surface area contributed by atoms with E-state index in [4.69, 9.17) is 21.4 Å². The maximum atomic E-state index is 11.4. The van der Waals surface area contributed by atoms with E-state index in [0.717, 1.165) is 17.7 Å². The number of anilines is 1. The lowest BCUT2D eigenvalue weighted by molar-refractivity contribution is -0.131. The van der Waals surface area contributed by atoms with Gasteiger partial charge in [0.05, 0.1) is 12.8 Å². The van der Waals surface area contributed by atoms with Crippen molar-refractivity contribution in [2.75, 3.05) is 12.4 Å². The van der Waals surface area contributed by atoms with Crippen LogP contribution in [0.25, 0.3) is 0 Å². The predicted molar refractivity (Wildman–Crippen MR) is 68.1 cm³/mol. The van der Waals surface area contributed by atoms with Gasteiger partial charge in [-0.2, -0.15) is 0 Å². The molecule has 0 saturated heterocycles. The van der Waals surface area contributed by atoms with Crippen LogP contribution >= 0.6 is 11.6 Å². The van der Waals surface area contributed by atoms with Crippen LogP contribution in [0.4, 0.5) is 5.69 Å². The van der Waals surface area contributed by atoms with Gasteiger partial charge in [0.25, 0.3) is 0 Å². The van der Waals surface area contributed by atoms with Crippen molar-refractivity contribution in [3.63, 3.8) is 0 Å². The number of ether oxygens (including phenoxy) is 1. The molecule has 0 aliphatic rings. The maximum absolute atomic E-state index is 11.4. The summed E-state index contributed by atoms with van der Waals surface area (Å²) in [7, 11) is 1.47. The molecule has 18 heavy (non-hydrogen) atoms. The second kappa shape index (κ2) is 6.07. The highest BCUT2D eigenvalue weighted by atomic mass is 35.5. The van der Waals surface area contributed by atoms with Gasteiger partial charge in [-0.3, -0.25) is 4.79 Å². The minimum Gasteiger partial charge on any atom is -0.494 e. The predicted octanol–water partition coefficient (Wildman–Crippen LogP) is 2.24. The molecule has 0 fully saturated rings. The third-order valence-electron chi connectivity index (χ3n) is 2.08. The minimum absolute atomic E-state index is 0.391. The summed E-state index contributed by atoms with van der Waals surface area (Å²) in [6.07, 6.45) is 1.66. The Morgan fingerprint density at radius 2 is 2.06 bits per heavy atom. The molecule has 0 saturated carbocycles. The van der Waals surface area contributed by atoms with Gasteiger partial charge in [-0.25, -0.2) is 4.79 Å². The molecule has 5 nitrogen and oxygen atoms in total. The molecule has 0 spiro atoms. The molecule has 6 heteroatoms. The van der Waals surface area contributed by atoms with Crippen LogP contribution in [0.1, 0.15) is 5.56 Å². The summed E-state index contributed by atoms with van der Waals surface area (Å²) in [6, 6.07) is 3.23. The SMILES string of the molecule is COc1c(C)cc(Cl)cc1NC(=O)/C=C/C(=O)O. The number of hydrogen-bond donors (Lipinski definition) is 2. The van der Waals surface area contributed by atoms with Crippen LogP contribution in [0, 0.1) is 6.92 Å². The van der Waals surface area contributed by atoms with E-state index in [-0.39, 0.29) is 0 Å². The van der Waals surface area contributed by atoms with Crippen molar-refractivity contribution in [2.24, 2.45) is 0 Å². The standard InChI is InChI=1S/C12H12ClNO4/c1-7-5-8(13)6-9(12(7)18-2)14-10(15)3-4-11(16)17/h3-6H,1-2H3,(H,14,15)(H,16,17)/b4-3+. The first-order chi connectivity index (χ1) is 8.43. The lowest BCUT2D eigenvalue weighted by Gasteiger charge is -2.12. The van der Waals surface area contributed by atoms with Gasteiger partial charge < -0.3 is 15.2 Å². The Morgan fingerprint density at radius 1 is 1.39 bits per heavy atom. The molecule has 1 amide bonds. The van der Waals surface area contributed by atoms with Crippen LogP contribution in [0.15, 0.2) is 24.3 Å². The molecule has 0 aliphatic carbocycles. The second-order valence-electron chi connectivity index (χ2n) is 3.46. The number of methoxy groups -OCH3 is 1. The minimum atomic E-state index is -1.20. The first-order valence-electron chi connectivity index (χ1n) is 5.00. The van der Waals surface area contributed by atoms with Crippen LogP contribution in [-0.4, -0.2) is 24.1 Å². The van der Waals surface area contributed by atoms with E-state index < -0.39 is 11.9 Å². The number of carbonyl (C=O) groups excluding carboxylic acids is 1. The zero-order chi connectivity index (χ0) is 13.7. The van der Waals surface area contributed by atoms with Crippen molar-refractivity contribution < 1.29 is 19.4 Å². The highest BCUT2D eigenvalue weighted by molar-refractivity contribution is 6.31. The Bertz CT molecular complexity index is 511. The average Bonchev–Trinajstić information content (AvgIpc) is 2.26. The van der Waals surface area contributed by atoms with Crippen LogP contribution in [0.2, 0.25) is 5.02 Å². The van der Waals surface area contributed by atoms with Crippen LogP contribution in [0.3, 0.4) is 0 Å². The van der Waals surface area contributed by atoms with Crippen molar-refractivity contribution in [3.05, 3.63) is 34.9 Å². The molecule has 1 rings (SSSR count). The summed E-state index contributed by atoms with van der Waals surface area (Å²) in [6.45, 7) is 1.79. The van der Waals surface area contributed by atoms with Gasteiger partial charge in [0.1, 0.15) is 5.75 Å². The van der Waals surface area contributed by atoms with Crippen LogP contribution in [0.5, 0.6) is 5.75 Å². The molecule has 96 valence electrons. The maximum Gasteiger partial charge on any atom is 0.328 e. The number of hydrogen-bond acceptors (Lipinski definition) is 3. The molecule has 0 atom stereocenters. The molecule has 0 radical (unpaired) electrons. The number of nitrogens with one attached hydrogen (secondary N) is 1. The van der Waals surface area contributed by atoms with E-state index in [1.807, 2.05) is 0 Å². The number of amides is 1. The lowest BCUT2D eigenvalue weighted by Crippen LogP contribution is -2.10. The fourth-order valence-corrected chi connectivity index (χ4v) is 1.69. The molecule has 2 N–H and O–H groups in total. The summed E-state index contributed by atoms with van der Waals surface area (Å²) in [5, 5.41) is 11.4. The largest absolute Gasteiger partial charge is 0.494 e. The zero-order valence-corrected chi connectivity index (χ0v) is 10.6. The van der Waals surface area contributed by atoms with E-state index in [9.17, 15) is 9.59 Å². The smallest absolute Gasteiger partial charge is 0.328 e. The summed E-state index contributed by atoms with van der Waals surface area (Å²) in [5.74, 6) is -1.28. The fourth-order valence-electron chi connectivity index (χ4n) is 1.42. The Kier molecular flexibility index (Phi) is 4.74. The van der Waals surface area contributed by atoms with Gasteiger partial charge in [-0.05, 0) is 24.6 Å². The van der Waals surface area contributed by atoms with E-state index in [2.05, 4.69) is 5.32 Å². The first kappa shape index (κ1) is 14.1. The molecule has 0 heterocycles. The van der Waals surface area contributed by atoms with Crippen LogP contribution in [-0.2, 0) is 9.59 Å². The number of carboxylic acids is 1. The fraction of sp³-hybridized carbons (Fsp3) is 0.167. The topological polar surface area (TPSA) is 75.6 Å². The number of benzene rings is 1. The molecule has 1 aromatic carbocycles. The molecular weight excluding hydrogens is 258 g/mol. The molecule has 0 aromatic heterocycles. The first-order valence-corrected chi connectivity index (χ1v) is 5.38. The summed E-state index contributed by atoms with van der Waals surface area (Å²) >= 11 is 5.87. The molecule has 0 unspecified atom stereocenters. The molecule has 0 bridgehead atoms. The van der Waals surface area contributed by atoms with Gasteiger partial charge in [-0.1, -0.05) is 11.6 Å². The van der Waals surface area contributed by atoms with Crippen molar-refractivity contribution in [3.8, 4) is 5.75 Å². The monoisotopic (exact) mass is 269 g/mol. The summed E-state index contributed by atoms with van der Waals surface area (Å²) in [5.41, 5.74) is 1.16. The summed E-state index contributed by atoms with van der Waals surface area (Å²) < 4.78 is 5.14. The highest BCUT2D eigenvalue weighted by Gasteiger charge is 2.10. The van der Waals surface area contributed by atoms with Crippen molar-refractivity contribution in [1.82, 2.24) is 0 Å². The van der Waals surface area contributed by atoms with Gasteiger partial charge in [0.15, 0.2) is 0 Å². The second-order valence-corrected chi connectivity index (χ2v) is 3.90. The Morgan fingerprint density at radius 3 is 2.61 bits per heavy atom. The van der Waals surface area contributed by atoms with Gasteiger partial charge in [0.2, 0.25) is 5.91 Å². The zero-order valence-electron chi connectivity index (χ0n) is 9.86. The Balaban J connectivity index is 2.96. The van der Waals surface area contributed by atoms with E-state index in [0.29, 0.717) is 16.5 Å². The van der Waals surface area contributed by atoms with Crippen LogP contribution < -0.4 is 10.1 Å². The van der Waals surface area contributed by atoms with Crippen molar-refractivity contribution in [1.29, 1.82) is 0 Å². The van der Waals surface area contributed by atoms with Gasteiger partial charge in [-0.15, -0.1) is 0 Å². The van der Waals surface area contributed by atoms with E-state index >= 15 is 0 Å². The highest BCUT2D eigenvalue weighted by Crippen LogP contribution is 2.31. The molecule has 1 aromatic rings. The number of aliphatic carboxylic acids is 1. The third kappa shape index (κ3) is 3.78. The number of aryl methyl sites for hydroxylation is 1. The van der Waals surface area contributed by atoms with Crippen molar-refractivity contribution >= 4 is 29.2 Å². The molecule has 0 aliphatic heterocycles. The Labute approximate surface area is 109 Å². The number of halogens is 1. The number of carboxylic acid groups (broad SMARTS) is 1. The summed E-state index contributed by atoms with van der Waals surface area (Å²) in [4.78, 5) is 21.7. The van der Waals surface area contributed by atoms with E-state index in [1.54, 1.807) is 13.0 Å². The van der Waals surface area contributed by atoms with Gasteiger partial charge >= 0.3 is 5.97 Å². The van der Waals surface area contributed by atoms with Crippen molar-refractivity contribution in [2.45, 2.75) is 6.92 Å². The average molecular weight is 270 g/mol. The number of carbonyl (C=O) groups is 2. The normalized spacial score (nSPS) is 10.4.